The molecule has 1 aromatic carbocycles. The van der Waals surface area contributed by atoms with Crippen LogP contribution >= 0.6 is 0 Å². The molecular formula is C14H15F2N3O3. The molecule has 0 aliphatic carbocycles. The molecule has 1 fully saturated rings. The summed E-state index contributed by atoms with van der Waals surface area (Å²) in [4.78, 5) is 14.1. The fourth-order valence-electron chi connectivity index (χ4n) is 2.27. The lowest BCUT2D eigenvalue weighted by molar-refractivity contribution is -0.145. The molecule has 1 aliphatic rings. The number of rotatable bonds is 6. The van der Waals surface area contributed by atoms with Gasteiger partial charge in [0.15, 0.2) is 0 Å². The average Bonchev–Trinajstić information content (AvgIpc) is 2.76. The Balaban J connectivity index is 1.92. The first-order chi connectivity index (χ1) is 10.5. The number of halogens is 2. The maximum atomic E-state index is 13.0. The zero-order chi connectivity index (χ0) is 16.1. The Kier molecular flexibility index (Phi) is 5.30. The molecule has 0 spiro atoms. The van der Waals surface area contributed by atoms with Crippen LogP contribution in [-0.2, 0) is 20.9 Å². The highest BCUT2D eigenvalue weighted by Crippen LogP contribution is 2.25. The van der Waals surface area contributed by atoms with Gasteiger partial charge in [0.25, 0.3) is 0 Å². The molecule has 1 heterocycles. The monoisotopic (exact) mass is 311 g/mol. The highest BCUT2D eigenvalue weighted by molar-refractivity contribution is 5.74. The number of hydrogen-bond donors (Lipinski definition) is 0. The maximum absolute atomic E-state index is 13.0. The third kappa shape index (κ3) is 4.16. The van der Waals surface area contributed by atoms with E-state index in [0.29, 0.717) is 12.0 Å². The Morgan fingerprint density at radius 1 is 1.45 bits per heavy atom. The van der Waals surface area contributed by atoms with Gasteiger partial charge in [-0.2, -0.15) is 0 Å². The summed E-state index contributed by atoms with van der Waals surface area (Å²) in [5.74, 6) is -1.97. The molecule has 3 atom stereocenters. The van der Waals surface area contributed by atoms with Gasteiger partial charge in [0.05, 0.1) is 25.2 Å². The van der Waals surface area contributed by atoms with Crippen molar-refractivity contribution in [3.8, 4) is 0 Å². The quantitative estimate of drug-likeness (QED) is 0.350. The first-order valence-corrected chi connectivity index (χ1v) is 6.77. The predicted molar refractivity (Wildman–Crippen MR) is 72.6 cm³/mol. The van der Waals surface area contributed by atoms with Gasteiger partial charge in [0.2, 0.25) is 0 Å². The molecule has 0 amide bonds. The molecule has 1 aliphatic heterocycles. The first-order valence-electron chi connectivity index (χ1n) is 6.77. The van der Waals surface area contributed by atoms with Gasteiger partial charge in [0, 0.05) is 11.0 Å². The Morgan fingerprint density at radius 2 is 2.14 bits per heavy atom. The van der Waals surface area contributed by atoms with E-state index < -0.39 is 23.8 Å². The molecule has 22 heavy (non-hydrogen) atoms. The average molecular weight is 311 g/mol. The zero-order valence-corrected chi connectivity index (χ0v) is 11.9. The molecule has 8 heteroatoms. The number of nitrogens with zero attached hydrogens (tertiary/aromatic N) is 3. The highest BCUT2D eigenvalue weighted by Gasteiger charge is 2.36. The Morgan fingerprint density at radius 3 is 2.68 bits per heavy atom. The summed E-state index contributed by atoms with van der Waals surface area (Å²) in [6.45, 7) is 1.68. The van der Waals surface area contributed by atoms with Crippen molar-refractivity contribution in [1.29, 1.82) is 0 Å². The Labute approximate surface area is 125 Å². The molecule has 0 bridgehead atoms. The number of azide groups is 1. The molecule has 1 saturated heterocycles. The van der Waals surface area contributed by atoms with Crippen molar-refractivity contribution >= 4 is 5.97 Å². The van der Waals surface area contributed by atoms with Crippen LogP contribution in [0.3, 0.4) is 0 Å². The number of hydrogen-bond acceptors (Lipinski definition) is 4. The molecular weight excluding hydrogens is 296 g/mol. The van der Waals surface area contributed by atoms with Crippen LogP contribution in [0.2, 0.25) is 0 Å². The molecule has 0 radical (unpaired) electrons. The van der Waals surface area contributed by atoms with Crippen LogP contribution in [0.25, 0.3) is 10.4 Å². The molecule has 0 saturated carbocycles. The summed E-state index contributed by atoms with van der Waals surface area (Å²) >= 11 is 0. The van der Waals surface area contributed by atoms with Crippen LogP contribution in [0.5, 0.6) is 0 Å². The van der Waals surface area contributed by atoms with Crippen LogP contribution in [0.1, 0.15) is 18.9 Å². The largest absolute Gasteiger partial charge is 0.462 e. The van der Waals surface area contributed by atoms with Crippen molar-refractivity contribution < 1.29 is 23.0 Å². The fourth-order valence-corrected chi connectivity index (χ4v) is 2.27. The van der Waals surface area contributed by atoms with Crippen molar-refractivity contribution in [3.63, 3.8) is 0 Å². The third-order valence-electron chi connectivity index (χ3n) is 3.36. The zero-order valence-electron chi connectivity index (χ0n) is 11.9. The van der Waals surface area contributed by atoms with Crippen molar-refractivity contribution in [2.75, 3.05) is 6.61 Å². The van der Waals surface area contributed by atoms with Crippen LogP contribution in [0, 0.1) is 17.6 Å². The highest BCUT2D eigenvalue weighted by atomic mass is 19.1. The van der Waals surface area contributed by atoms with Gasteiger partial charge >= 0.3 is 5.97 Å². The van der Waals surface area contributed by atoms with E-state index in [2.05, 4.69) is 10.0 Å². The van der Waals surface area contributed by atoms with E-state index in [1.165, 1.54) is 0 Å². The predicted octanol–water partition coefficient (Wildman–Crippen LogP) is 3.11. The minimum absolute atomic E-state index is 0.00708. The molecule has 0 aromatic heterocycles. The van der Waals surface area contributed by atoms with E-state index in [1.54, 1.807) is 6.92 Å². The fraction of sp³-hybridized carbons (Fsp3) is 0.500. The molecule has 6 nitrogen and oxygen atoms in total. The summed E-state index contributed by atoms with van der Waals surface area (Å²) in [6.07, 6.45) is -0.0943. The molecule has 2 rings (SSSR count). The van der Waals surface area contributed by atoms with E-state index in [0.717, 1.165) is 18.2 Å². The van der Waals surface area contributed by atoms with Crippen molar-refractivity contribution in [2.45, 2.75) is 32.1 Å². The Bertz CT molecular complexity index is 585. The lowest BCUT2D eigenvalue weighted by atomic mass is 10.0. The summed E-state index contributed by atoms with van der Waals surface area (Å²) in [5.41, 5.74) is 8.91. The SMILES string of the molecule is C[C@@H]1C[C@@H]([C@H](COCc2cc(F)cc(F)c2)N=[N+]=[N-])OC1=O. The van der Waals surface area contributed by atoms with E-state index >= 15 is 0 Å². The lowest BCUT2D eigenvalue weighted by Crippen LogP contribution is -2.28. The maximum Gasteiger partial charge on any atom is 0.309 e. The number of carbonyl (C=O) groups is 1. The van der Waals surface area contributed by atoms with Gasteiger partial charge in [-0.15, -0.1) is 0 Å². The minimum atomic E-state index is -0.691. The molecule has 0 unspecified atom stereocenters. The minimum Gasteiger partial charge on any atom is -0.462 e. The van der Waals surface area contributed by atoms with Gasteiger partial charge in [0.1, 0.15) is 17.7 Å². The standard InChI is InChI=1S/C14H15F2N3O3/c1-8-2-13(22-14(8)20)12(18-19-17)7-21-6-9-3-10(15)5-11(16)4-9/h3-5,8,12-13H,2,6-7H2,1H3/t8-,12+,13+/m1/s1. The summed E-state index contributed by atoms with van der Waals surface area (Å²) in [7, 11) is 0. The molecule has 0 N–H and O–H groups in total. The van der Waals surface area contributed by atoms with E-state index in [4.69, 9.17) is 15.0 Å². The number of esters is 1. The summed E-state index contributed by atoms with van der Waals surface area (Å²) in [6, 6.07) is 2.41. The van der Waals surface area contributed by atoms with Gasteiger partial charge in [-0.1, -0.05) is 12.0 Å². The second-order valence-electron chi connectivity index (χ2n) is 5.18. The van der Waals surface area contributed by atoms with E-state index in [-0.39, 0.29) is 25.1 Å². The van der Waals surface area contributed by atoms with Crippen molar-refractivity contribution in [3.05, 3.63) is 45.8 Å². The van der Waals surface area contributed by atoms with Gasteiger partial charge < -0.3 is 9.47 Å². The topological polar surface area (TPSA) is 84.3 Å². The summed E-state index contributed by atoms with van der Waals surface area (Å²) in [5, 5.41) is 3.57. The number of ether oxygens (including phenoxy) is 2. The van der Waals surface area contributed by atoms with Crippen LogP contribution < -0.4 is 0 Å². The van der Waals surface area contributed by atoms with Crippen LogP contribution in [-0.4, -0.2) is 24.7 Å². The van der Waals surface area contributed by atoms with Crippen LogP contribution in [0.15, 0.2) is 23.3 Å². The number of benzene rings is 1. The van der Waals surface area contributed by atoms with Crippen molar-refractivity contribution in [2.24, 2.45) is 11.0 Å². The molecule has 118 valence electrons. The van der Waals surface area contributed by atoms with Gasteiger partial charge in [-0.3, -0.25) is 4.79 Å². The van der Waals surface area contributed by atoms with Gasteiger partial charge in [-0.25, -0.2) is 8.78 Å². The normalized spacial score (nSPS) is 22.0. The number of cyclic esters (lactones) is 1. The second-order valence-corrected chi connectivity index (χ2v) is 5.18. The number of carbonyl (C=O) groups excluding carboxylic acids is 1. The first kappa shape index (κ1) is 16.2. The molecule has 1 aromatic rings. The summed E-state index contributed by atoms with van der Waals surface area (Å²) < 4.78 is 36.6. The Hall–Kier alpha value is -2.18. The van der Waals surface area contributed by atoms with Crippen molar-refractivity contribution in [1.82, 2.24) is 0 Å². The van der Waals surface area contributed by atoms with E-state index in [9.17, 15) is 13.6 Å². The third-order valence-corrected chi connectivity index (χ3v) is 3.36. The smallest absolute Gasteiger partial charge is 0.309 e. The second kappa shape index (κ2) is 7.20. The lowest BCUT2D eigenvalue weighted by Gasteiger charge is -2.17. The van der Waals surface area contributed by atoms with Crippen LogP contribution in [0.4, 0.5) is 8.78 Å². The van der Waals surface area contributed by atoms with E-state index in [1.807, 2.05) is 0 Å². The van der Waals surface area contributed by atoms with Gasteiger partial charge in [-0.05, 0) is 29.6 Å².